The smallest absolute Gasteiger partial charge is 0.242 e. The van der Waals surface area contributed by atoms with Crippen LogP contribution in [0.15, 0.2) is 30.3 Å². The second-order valence-corrected chi connectivity index (χ2v) is 9.27. The summed E-state index contributed by atoms with van der Waals surface area (Å²) < 4.78 is 10.7. The second kappa shape index (κ2) is 13.3. The molecular weight excluding hydrogens is 448 g/mol. The number of methoxy groups -OCH3 is 2. The van der Waals surface area contributed by atoms with Crippen LogP contribution in [0.5, 0.6) is 11.5 Å². The predicted molar refractivity (Wildman–Crippen MR) is 130 cm³/mol. The molecule has 1 heterocycles. The SMILES string of the molecule is CCCN(CC(=O)N(CCc1ccc(OC)c(OC)c1)Cc1ccc(C)s1)C(=O)CCCl. The molecule has 2 aromatic rings. The Kier molecular flexibility index (Phi) is 10.8. The number of ether oxygens (including phenoxy) is 2. The van der Waals surface area contributed by atoms with Crippen LogP contribution < -0.4 is 9.47 Å². The number of alkyl halides is 1. The maximum Gasteiger partial charge on any atom is 0.242 e. The van der Waals surface area contributed by atoms with Gasteiger partial charge in [-0.15, -0.1) is 22.9 Å². The van der Waals surface area contributed by atoms with Gasteiger partial charge in [0.25, 0.3) is 0 Å². The van der Waals surface area contributed by atoms with E-state index in [1.165, 1.54) is 4.88 Å². The Bertz CT molecular complexity index is 887. The zero-order valence-electron chi connectivity index (χ0n) is 19.4. The summed E-state index contributed by atoms with van der Waals surface area (Å²) in [5, 5.41) is 0. The Labute approximate surface area is 200 Å². The standard InChI is InChI=1S/C24H33ClN2O4S/c1-5-13-26(23(28)10-12-25)17-24(29)27(16-20-8-6-18(2)32-20)14-11-19-7-9-21(30-3)22(15-19)31-4/h6-9,15H,5,10-14,16-17H2,1-4H3. The molecule has 32 heavy (non-hydrogen) atoms. The normalized spacial score (nSPS) is 10.7. The van der Waals surface area contributed by atoms with E-state index in [2.05, 4.69) is 19.1 Å². The molecule has 176 valence electrons. The lowest BCUT2D eigenvalue weighted by atomic mass is 10.1. The molecule has 0 bridgehead atoms. The van der Waals surface area contributed by atoms with Gasteiger partial charge in [-0.1, -0.05) is 13.0 Å². The first-order chi connectivity index (χ1) is 15.4. The van der Waals surface area contributed by atoms with Crippen molar-refractivity contribution in [1.29, 1.82) is 0 Å². The Morgan fingerprint density at radius 3 is 2.34 bits per heavy atom. The maximum atomic E-state index is 13.3. The molecule has 1 aromatic carbocycles. The highest BCUT2D eigenvalue weighted by molar-refractivity contribution is 7.11. The molecule has 0 spiro atoms. The first kappa shape index (κ1) is 26.0. The molecular formula is C24H33ClN2O4S. The van der Waals surface area contributed by atoms with E-state index in [9.17, 15) is 9.59 Å². The summed E-state index contributed by atoms with van der Waals surface area (Å²) in [5.74, 6) is 1.45. The average Bonchev–Trinajstić information content (AvgIpc) is 3.20. The summed E-state index contributed by atoms with van der Waals surface area (Å²) in [6.07, 6.45) is 1.70. The van der Waals surface area contributed by atoms with E-state index in [0.717, 1.165) is 16.9 Å². The topological polar surface area (TPSA) is 59.1 Å². The van der Waals surface area contributed by atoms with Gasteiger partial charge in [0, 0.05) is 35.1 Å². The van der Waals surface area contributed by atoms with E-state index in [-0.39, 0.29) is 30.7 Å². The molecule has 0 atom stereocenters. The number of hydrogen-bond acceptors (Lipinski definition) is 5. The summed E-state index contributed by atoms with van der Waals surface area (Å²) >= 11 is 7.43. The van der Waals surface area contributed by atoms with E-state index in [1.807, 2.05) is 30.0 Å². The van der Waals surface area contributed by atoms with Crippen molar-refractivity contribution in [3.63, 3.8) is 0 Å². The van der Waals surface area contributed by atoms with Gasteiger partial charge in [0.1, 0.15) is 0 Å². The lowest BCUT2D eigenvalue weighted by Gasteiger charge is -2.27. The quantitative estimate of drug-likeness (QED) is 0.396. The number of halogens is 1. The number of thiophene rings is 1. The van der Waals surface area contributed by atoms with E-state index >= 15 is 0 Å². The third-order valence-corrected chi connectivity index (χ3v) is 6.27. The van der Waals surface area contributed by atoms with Gasteiger partial charge in [0.2, 0.25) is 11.8 Å². The van der Waals surface area contributed by atoms with Crippen LogP contribution in [0, 0.1) is 6.92 Å². The lowest BCUT2D eigenvalue weighted by molar-refractivity contribution is -0.140. The summed E-state index contributed by atoms with van der Waals surface area (Å²) in [4.78, 5) is 31.4. The van der Waals surface area contributed by atoms with Gasteiger partial charge in [-0.2, -0.15) is 0 Å². The van der Waals surface area contributed by atoms with Crippen LogP contribution in [0.25, 0.3) is 0 Å². The maximum absolute atomic E-state index is 13.3. The third kappa shape index (κ3) is 7.71. The third-order valence-electron chi connectivity index (χ3n) is 5.09. The molecule has 2 rings (SSSR count). The molecule has 0 fully saturated rings. The molecule has 6 nitrogen and oxygen atoms in total. The molecule has 0 aliphatic heterocycles. The highest BCUT2D eigenvalue weighted by Crippen LogP contribution is 2.28. The lowest BCUT2D eigenvalue weighted by Crippen LogP contribution is -2.43. The van der Waals surface area contributed by atoms with Crippen LogP contribution in [0.2, 0.25) is 0 Å². The Hall–Kier alpha value is -2.25. The van der Waals surface area contributed by atoms with Gasteiger partial charge in [-0.3, -0.25) is 9.59 Å². The van der Waals surface area contributed by atoms with Crippen molar-refractivity contribution in [2.75, 3.05) is 39.7 Å². The molecule has 0 N–H and O–H groups in total. The zero-order chi connectivity index (χ0) is 23.5. The number of carbonyl (C=O) groups is 2. The van der Waals surface area contributed by atoms with Gasteiger partial charge in [0.05, 0.1) is 27.3 Å². The van der Waals surface area contributed by atoms with Crippen LogP contribution in [-0.2, 0) is 22.6 Å². The van der Waals surface area contributed by atoms with Crippen LogP contribution >= 0.6 is 22.9 Å². The largest absolute Gasteiger partial charge is 0.493 e. The van der Waals surface area contributed by atoms with Crippen molar-refractivity contribution in [3.05, 3.63) is 45.6 Å². The van der Waals surface area contributed by atoms with Gasteiger partial charge >= 0.3 is 0 Å². The summed E-state index contributed by atoms with van der Waals surface area (Å²) in [6, 6.07) is 9.90. The monoisotopic (exact) mass is 480 g/mol. The minimum absolute atomic E-state index is 0.0621. The molecule has 0 aliphatic carbocycles. The number of benzene rings is 1. The Morgan fingerprint density at radius 2 is 1.75 bits per heavy atom. The number of amides is 2. The first-order valence-corrected chi connectivity index (χ1v) is 12.1. The molecule has 1 aromatic heterocycles. The van der Waals surface area contributed by atoms with E-state index < -0.39 is 0 Å². The predicted octanol–water partition coefficient (Wildman–Crippen LogP) is 4.51. The van der Waals surface area contributed by atoms with Gasteiger partial charge in [0.15, 0.2) is 11.5 Å². The van der Waals surface area contributed by atoms with Gasteiger partial charge < -0.3 is 19.3 Å². The highest BCUT2D eigenvalue weighted by Gasteiger charge is 2.21. The fraction of sp³-hybridized carbons (Fsp3) is 0.500. The molecule has 0 aliphatic rings. The summed E-state index contributed by atoms with van der Waals surface area (Å²) in [5.41, 5.74) is 1.05. The molecule has 2 amide bonds. The minimum atomic E-state index is -0.0815. The number of carbonyl (C=O) groups excluding carboxylic acids is 2. The van der Waals surface area contributed by atoms with Crippen molar-refractivity contribution in [2.45, 2.75) is 39.7 Å². The second-order valence-electron chi connectivity index (χ2n) is 7.52. The summed E-state index contributed by atoms with van der Waals surface area (Å²) in [6.45, 7) is 5.72. The zero-order valence-corrected chi connectivity index (χ0v) is 20.9. The number of aryl methyl sites for hydroxylation is 1. The van der Waals surface area contributed by atoms with Crippen LogP contribution in [0.4, 0.5) is 0 Å². The molecule has 0 saturated heterocycles. The van der Waals surface area contributed by atoms with Crippen molar-refractivity contribution in [2.24, 2.45) is 0 Å². The number of rotatable bonds is 13. The molecule has 0 radical (unpaired) electrons. The van der Waals surface area contributed by atoms with Crippen molar-refractivity contribution in [1.82, 2.24) is 9.80 Å². The summed E-state index contributed by atoms with van der Waals surface area (Å²) in [7, 11) is 3.21. The fourth-order valence-corrected chi connectivity index (χ4v) is 4.48. The average molecular weight is 481 g/mol. The van der Waals surface area contributed by atoms with Gasteiger partial charge in [-0.05, 0) is 49.6 Å². The number of nitrogens with zero attached hydrogens (tertiary/aromatic N) is 2. The van der Waals surface area contributed by atoms with Crippen molar-refractivity contribution >= 4 is 34.8 Å². The fourth-order valence-electron chi connectivity index (χ4n) is 3.41. The first-order valence-electron chi connectivity index (χ1n) is 10.8. The molecule has 8 heteroatoms. The van der Waals surface area contributed by atoms with Crippen molar-refractivity contribution in [3.8, 4) is 11.5 Å². The van der Waals surface area contributed by atoms with Gasteiger partial charge in [-0.25, -0.2) is 0 Å². The van der Waals surface area contributed by atoms with Crippen LogP contribution in [-0.4, -0.2) is 61.3 Å². The molecule has 0 saturated carbocycles. The Balaban J connectivity index is 2.15. The van der Waals surface area contributed by atoms with E-state index in [4.69, 9.17) is 21.1 Å². The Morgan fingerprint density at radius 1 is 1.00 bits per heavy atom. The minimum Gasteiger partial charge on any atom is -0.493 e. The number of hydrogen-bond donors (Lipinski definition) is 0. The van der Waals surface area contributed by atoms with Crippen LogP contribution in [0.1, 0.15) is 35.1 Å². The van der Waals surface area contributed by atoms with Crippen molar-refractivity contribution < 1.29 is 19.1 Å². The molecule has 0 unspecified atom stereocenters. The highest BCUT2D eigenvalue weighted by atomic mass is 35.5. The van der Waals surface area contributed by atoms with E-state index in [1.54, 1.807) is 30.5 Å². The van der Waals surface area contributed by atoms with Crippen LogP contribution in [0.3, 0.4) is 0 Å². The van der Waals surface area contributed by atoms with E-state index in [0.29, 0.717) is 37.6 Å².